The molecule has 7 heteroatoms. The van der Waals surface area contributed by atoms with Crippen molar-refractivity contribution in [3.8, 4) is 0 Å². The summed E-state index contributed by atoms with van der Waals surface area (Å²) in [5.41, 5.74) is 1.43. The molecule has 2 aromatic rings. The van der Waals surface area contributed by atoms with Gasteiger partial charge in [-0.1, -0.05) is 6.92 Å². The van der Waals surface area contributed by atoms with E-state index in [0.29, 0.717) is 22.3 Å². The Morgan fingerprint density at radius 1 is 1.37 bits per heavy atom. The molecule has 19 heavy (non-hydrogen) atoms. The van der Waals surface area contributed by atoms with Gasteiger partial charge in [0.05, 0.1) is 0 Å². The van der Waals surface area contributed by atoms with Gasteiger partial charge in [-0.2, -0.15) is 4.37 Å². The lowest BCUT2D eigenvalue weighted by Crippen LogP contribution is -2.13. The smallest absolute Gasteiger partial charge is 0.257 e. The Labute approximate surface area is 115 Å². The fraction of sp³-hybridized carbons (Fsp3) is 0.333. The third-order valence-corrected chi connectivity index (χ3v) is 3.23. The van der Waals surface area contributed by atoms with Crippen LogP contribution in [0, 0.1) is 6.92 Å². The first kappa shape index (κ1) is 13.4. The summed E-state index contributed by atoms with van der Waals surface area (Å²) in [6.07, 6.45) is 0.772. The monoisotopic (exact) mass is 277 g/mol. The Morgan fingerprint density at radius 2 is 2.16 bits per heavy atom. The molecule has 0 radical (unpaired) electrons. The Kier molecular flexibility index (Phi) is 4.06. The van der Waals surface area contributed by atoms with Crippen LogP contribution in [0.4, 0.5) is 10.9 Å². The van der Waals surface area contributed by atoms with Crippen LogP contribution in [0.15, 0.2) is 12.1 Å². The number of nitrogens with one attached hydrogen (secondary N) is 2. The van der Waals surface area contributed by atoms with Crippen molar-refractivity contribution in [1.29, 1.82) is 0 Å². The minimum atomic E-state index is -0.204. The molecule has 0 aliphatic heterocycles. The minimum absolute atomic E-state index is 0.204. The largest absolute Gasteiger partial charge is 0.373 e. The topological polar surface area (TPSA) is 79.8 Å². The number of amides is 1. The SMILES string of the molecule is CCc1cc(C(=O)Nc2nc(C)ns2)cc(NC)n1. The summed E-state index contributed by atoms with van der Waals surface area (Å²) in [6.45, 7) is 3.78. The van der Waals surface area contributed by atoms with E-state index in [4.69, 9.17) is 0 Å². The van der Waals surface area contributed by atoms with E-state index in [1.54, 1.807) is 26.1 Å². The molecule has 2 rings (SSSR count). The van der Waals surface area contributed by atoms with Gasteiger partial charge in [-0.05, 0) is 25.5 Å². The molecule has 0 saturated heterocycles. The number of pyridine rings is 1. The van der Waals surface area contributed by atoms with Crippen molar-refractivity contribution in [2.24, 2.45) is 0 Å². The number of hydrogen-bond acceptors (Lipinski definition) is 6. The van der Waals surface area contributed by atoms with Gasteiger partial charge in [-0.15, -0.1) is 0 Å². The first-order valence-electron chi connectivity index (χ1n) is 5.92. The van der Waals surface area contributed by atoms with E-state index in [9.17, 15) is 4.79 Å². The lowest BCUT2D eigenvalue weighted by molar-refractivity contribution is 0.102. The van der Waals surface area contributed by atoms with Crippen LogP contribution in [-0.4, -0.2) is 27.3 Å². The number of rotatable bonds is 4. The van der Waals surface area contributed by atoms with Crippen molar-refractivity contribution >= 4 is 28.4 Å². The standard InChI is InChI=1S/C12H15N5OS/c1-4-9-5-8(6-10(13-3)15-9)11(18)16-12-14-7(2)17-19-12/h5-6H,4H2,1-3H3,(H,13,15)(H,14,16,17,18). The number of carbonyl (C=O) groups excluding carboxylic acids is 1. The van der Waals surface area contributed by atoms with Crippen LogP contribution < -0.4 is 10.6 Å². The number of hydrogen-bond donors (Lipinski definition) is 2. The van der Waals surface area contributed by atoms with Gasteiger partial charge in [0.15, 0.2) is 0 Å². The zero-order valence-electron chi connectivity index (χ0n) is 11.0. The van der Waals surface area contributed by atoms with Gasteiger partial charge in [0.2, 0.25) is 5.13 Å². The van der Waals surface area contributed by atoms with Gasteiger partial charge in [0, 0.05) is 29.8 Å². The molecule has 6 nitrogen and oxygen atoms in total. The van der Waals surface area contributed by atoms with E-state index in [1.165, 1.54) is 11.5 Å². The molecule has 2 heterocycles. The zero-order valence-corrected chi connectivity index (χ0v) is 11.8. The average Bonchev–Trinajstić information content (AvgIpc) is 2.83. The molecule has 0 unspecified atom stereocenters. The number of aromatic nitrogens is 3. The lowest BCUT2D eigenvalue weighted by atomic mass is 10.2. The summed E-state index contributed by atoms with van der Waals surface area (Å²) < 4.78 is 4.02. The van der Waals surface area contributed by atoms with Crippen molar-refractivity contribution in [3.63, 3.8) is 0 Å². The molecule has 0 spiro atoms. The molecule has 0 atom stereocenters. The molecule has 2 aromatic heterocycles. The predicted molar refractivity (Wildman–Crippen MR) is 75.8 cm³/mol. The number of aryl methyl sites for hydroxylation is 2. The van der Waals surface area contributed by atoms with Gasteiger partial charge in [0.1, 0.15) is 11.6 Å². The highest BCUT2D eigenvalue weighted by Gasteiger charge is 2.11. The second-order valence-electron chi connectivity index (χ2n) is 3.94. The number of nitrogens with zero attached hydrogens (tertiary/aromatic N) is 3. The molecule has 2 N–H and O–H groups in total. The third-order valence-electron chi connectivity index (χ3n) is 2.51. The molecule has 100 valence electrons. The molecule has 1 amide bonds. The maximum Gasteiger partial charge on any atom is 0.257 e. The van der Waals surface area contributed by atoms with Crippen LogP contribution in [-0.2, 0) is 6.42 Å². The summed E-state index contributed by atoms with van der Waals surface area (Å²) in [4.78, 5) is 20.6. The molecular weight excluding hydrogens is 262 g/mol. The molecule has 0 fully saturated rings. The van der Waals surface area contributed by atoms with Crippen LogP contribution in [0.3, 0.4) is 0 Å². The van der Waals surface area contributed by atoms with E-state index >= 15 is 0 Å². The Hall–Kier alpha value is -2.02. The Balaban J connectivity index is 2.22. The van der Waals surface area contributed by atoms with Crippen molar-refractivity contribution in [2.75, 3.05) is 17.7 Å². The van der Waals surface area contributed by atoms with Crippen molar-refractivity contribution in [3.05, 3.63) is 29.2 Å². The Morgan fingerprint density at radius 3 is 2.74 bits per heavy atom. The van der Waals surface area contributed by atoms with E-state index in [2.05, 4.69) is 25.0 Å². The fourth-order valence-electron chi connectivity index (χ4n) is 1.55. The molecular formula is C12H15N5OS. The van der Waals surface area contributed by atoms with Crippen LogP contribution in [0.5, 0.6) is 0 Å². The first-order valence-corrected chi connectivity index (χ1v) is 6.70. The van der Waals surface area contributed by atoms with E-state index in [1.807, 2.05) is 6.92 Å². The molecule has 0 bridgehead atoms. The van der Waals surface area contributed by atoms with Gasteiger partial charge in [0.25, 0.3) is 5.91 Å². The quantitative estimate of drug-likeness (QED) is 0.894. The average molecular weight is 277 g/mol. The summed E-state index contributed by atoms with van der Waals surface area (Å²) in [7, 11) is 1.78. The second-order valence-corrected chi connectivity index (χ2v) is 4.69. The van der Waals surface area contributed by atoms with E-state index < -0.39 is 0 Å². The van der Waals surface area contributed by atoms with Gasteiger partial charge in [-0.3, -0.25) is 10.1 Å². The first-order chi connectivity index (χ1) is 9.12. The fourth-order valence-corrected chi connectivity index (χ4v) is 2.12. The van der Waals surface area contributed by atoms with Gasteiger partial charge in [-0.25, -0.2) is 9.97 Å². The minimum Gasteiger partial charge on any atom is -0.373 e. The highest BCUT2D eigenvalue weighted by molar-refractivity contribution is 7.09. The highest BCUT2D eigenvalue weighted by Crippen LogP contribution is 2.15. The van der Waals surface area contributed by atoms with Gasteiger partial charge >= 0.3 is 0 Å². The van der Waals surface area contributed by atoms with Crippen molar-refractivity contribution in [1.82, 2.24) is 14.3 Å². The van der Waals surface area contributed by atoms with Crippen molar-refractivity contribution < 1.29 is 4.79 Å². The summed E-state index contributed by atoms with van der Waals surface area (Å²) >= 11 is 1.17. The second kappa shape index (κ2) is 5.75. The number of anilines is 2. The molecule has 0 saturated carbocycles. The summed E-state index contributed by atoms with van der Waals surface area (Å²) in [6, 6.07) is 3.49. The Bertz CT molecular complexity index is 573. The maximum atomic E-state index is 12.1. The van der Waals surface area contributed by atoms with Crippen LogP contribution in [0.1, 0.15) is 28.8 Å². The van der Waals surface area contributed by atoms with Crippen LogP contribution >= 0.6 is 11.5 Å². The lowest BCUT2D eigenvalue weighted by Gasteiger charge is -2.07. The zero-order chi connectivity index (χ0) is 13.8. The van der Waals surface area contributed by atoms with Crippen molar-refractivity contribution in [2.45, 2.75) is 20.3 Å². The normalized spacial score (nSPS) is 10.3. The van der Waals surface area contributed by atoms with E-state index in [0.717, 1.165) is 12.1 Å². The molecule has 0 aliphatic carbocycles. The molecule has 0 aliphatic rings. The maximum absolute atomic E-state index is 12.1. The summed E-state index contributed by atoms with van der Waals surface area (Å²) in [5, 5.41) is 6.18. The molecule has 0 aromatic carbocycles. The third kappa shape index (κ3) is 3.25. The van der Waals surface area contributed by atoms with Crippen LogP contribution in [0.2, 0.25) is 0 Å². The summed E-state index contributed by atoms with van der Waals surface area (Å²) in [5.74, 6) is 1.13. The highest BCUT2D eigenvalue weighted by atomic mass is 32.1. The van der Waals surface area contributed by atoms with E-state index in [-0.39, 0.29) is 5.91 Å². The van der Waals surface area contributed by atoms with Gasteiger partial charge < -0.3 is 5.32 Å². The predicted octanol–water partition coefficient (Wildman–Crippen LogP) is 2.10. The van der Waals surface area contributed by atoms with Crippen LogP contribution in [0.25, 0.3) is 0 Å². The number of carbonyl (C=O) groups is 1.